The zero-order valence-electron chi connectivity index (χ0n) is 14.8. The summed E-state index contributed by atoms with van der Waals surface area (Å²) in [5.41, 5.74) is 2.45. The fraction of sp³-hybridized carbons (Fsp3) is 0.300. The second-order valence-electron chi connectivity index (χ2n) is 6.33. The number of aromatic nitrogens is 2. The Hall–Kier alpha value is -1.88. The lowest BCUT2D eigenvalue weighted by Gasteiger charge is -2.29. The molecule has 1 unspecified atom stereocenters. The van der Waals surface area contributed by atoms with Crippen LogP contribution in [-0.2, 0) is 6.54 Å². The summed E-state index contributed by atoms with van der Waals surface area (Å²) in [5.74, 6) is 0. The van der Waals surface area contributed by atoms with Gasteiger partial charge in [-0.3, -0.25) is 14.1 Å². The second-order valence-corrected chi connectivity index (χ2v) is 7.15. The van der Waals surface area contributed by atoms with E-state index in [1.54, 1.807) is 16.7 Å². The summed E-state index contributed by atoms with van der Waals surface area (Å²) in [4.78, 5) is 19.3. The molecule has 3 aromatic rings. The molecule has 0 saturated heterocycles. The van der Waals surface area contributed by atoms with E-state index < -0.39 is 0 Å². The van der Waals surface area contributed by atoms with Gasteiger partial charge in [-0.25, -0.2) is 4.98 Å². The molecule has 136 valence electrons. The standard InChI is InChI=1S/C20H21Cl2N3O/c1-3-9-24(14(2)15-7-8-17(21)18(22)11-15)13-16-12-20(26)25-10-5-4-6-19(25)23-16/h4-8,10-12,14H,3,9,13H2,1-2H3. The Bertz CT molecular complexity index is 971. The largest absolute Gasteiger partial charge is 0.291 e. The van der Waals surface area contributed by atoms with Gasteiger partial charge in [0.25, 0.3) is 5.56 Å². The number of halogens is 2. The summed E-state index contributed by atoms with van der Waals surface area (Å²) in [5, 5.41) is 1.10. The van der Waals surface area contributed by atoms with Crippen molar-refractivity contribution in [3.63, 3.8) is 0 Å². The minimum Gasteiger partial charge on any atom is -0.291 e. The minimum atomic E-state index is -0.0655. The van der Waals surface area contributed by atoms with Crippen molar-refractivity contribution in [1.82, 2.24) is 14.3 Å². The topological polar surface area (TPSA) is 37.6 Å². The third-order valence-electron chi connectivity index (χ3n) is 4.47. The van der Waals surface area contributed by atoms with Crippen molar-refractivity contribution >= 4 is 28.8 Å². The molecular weight excluding hydrogens is 369 g/mol. The van der Waals surface area contributed by atoms with Crippen molar-refractivity contribution in [3.8, 4) is 0 Å². The van der Waals surface area contributed by atoms with E-state index in [4.69, 9.17) is 23.2 Å². The van der Waals surface area contributed by atoms with Crippen molar-refractivity contribution in [1.29, 1.82) is 0 Å². The molecule has 0 spiro atoms. The van der Waals surface area contributed by atoms with Crippen LogP contribution in [-0.4, -0.2) is 20.8 Å². The number of benzene rings is 1. The molecule has 6 heteroatoms. The predicted octanol–water partition coefficient (Wildman–Crippen LogP) is 4.97. The second kappa shape index (κ2) is 8.21. The maximum absolute atomic E-state index is 12.3. The SMILES string of the molecule is CCCN(Cc1cc(=O)n2ccccc2n1)C(C)c1ccc(Cl)c(Cl)c1. The highest BCUT2D eigenvalue weighted by molar-refractivity contribution is 6.42. The number of nitrogens with zero attached hydrogens (tertiary/aromatic N) is 3. The van der Waals surface area contributed by atoms with Crippen LogP contribution in [0.1, 0.15) is 37.6 Å². The van der Waals surface area contributed by atoms with Crippen molar-refractivity contribution in [3.05, 3.63) is 80.3 Å². The molecule has 0 saturated carbocycles. The first-order chi connectivity index (χ1) is 12.5. The molecule has 0 aliphatic carbocycles. The van der Waals surface area contributed by atoms with Crippen LogP contribution in [0.3, 0.4) is 0 Å². The fourth-order valence-corrected chi connectivity index (χ4v) is 3.38. The normalized spacial score (nSPS) is 12.7. The Labute approximate surface area is 163 Å². The Kier molecular flexibility index (Phi) is 5.97. The minimum absolute atomic E-state index is 0.0655. The molecule has 3 rings (SSSR count). The third-order valence-corrected chi connectivity index (χ3v) is 5.21. The van der Waals surface area contributed by atoms with Crippen LogP contribution in [0.5, 0.6) is 0 Å². The molecule has 4 nitrogen and oxygen atoms in total. The molecule has 2 aromatic heterocycles. The van der Waals surface area contributed by atoms with Crippen molar-refractivity contribution in [2.45, 2.75) is 32.9 Å². The van der Waals surface area contributed by atoms with Crippen LogP contribution >= 0.6 is 23.2 Å². The molecule has 0 N–H and O–H groups in total. The fourth-order valence-electron chi connectivity index (χ4n) is 3.07. The Morgan fingerprint density at radius 1 is 1.15 bits per heavy atom. The van der Waals surface area contributed by atoms with Gasteiger partial charge in [0.1, 0.15) is 5.65 Å². The molecular formula is C20H21Cl2N3O. The number of hydrogen-bond donors (Lipinski definition) is 0. The van der Waals surface area contributed by atoms with Crippen LogP contribution in [0.15, 0.2) is 53.5 Å². The summed E-state index contributed by atoms with van der Waals surface area (Å²) in [7, 11) is 0. The van der Waals surface area contributed by atoms with Gasteiger partial charge in [-0.15, -0.1) is 0 Å². The maximum Gasteiger partial charge on any atom is 0.258 e. The Balaban J connectivity index is 1.90. The summed E-state index contributed by atoms with van der Waals surface area (Å²) < 4.78 is 1.55. The molecule has 0 radical (unpaired) electrons. The number of hydrogen-bond acceptors (Lipinski definition) is 3. The molecule has 0 bridgehead atoms. The molecule has 0 aliphatic heterocycles. The smallest absolute Gasteiger partial charge is 0.258 e. The quantitative estimate of drug-likeness (QED) is 0.596. The highest BCUT2D eigenvalue weighted by Crippen LogP contribution is 2.29. The van der Waals surface area contributed by atoms with E-state index in [1.807, 2.05) is 36.4 Å². The van der Waals surface area contributed by atoms with Gasteiger partial charge in [0.15, 0.2) is 0 Å². The van der Waals surface area contributed by atoms with Gasteiger partial charge in [0, 0.05) is 24.8 Å². The van der Waals surface area contributed by atoms with Gasteiger partial charge in [-0.05, 0) is 49.7 Å². The zero-order chi connectivity index (χ0) is 18.7. The monoisotopic (exact) mass is 389 g/mol. The molecule has 0 aliphatic rings. The average molecular weight is 390 g/mol. The number of fused-ring (bicyclic) bond motifs is 1. The van der Waals surface area contributed by atoms with Crippen molar-refractivity contribution < 1.29 is 0 Å². The Morgan fingerprint density at radius 2 is 1.96 bits per heavy atom. The predicted molar refractivity (Wildman–Crippen MR) is 107 cm³/mol. The van der Waals surface area contributed by atoms with Crippen LogP contribution in [0.2, 0.25) is 10.0 Å². The van der Waals surface area contributed by atoms with Crippen LogP contribution in [0, 0.1) is 0 Å². The first-order valence-corrected chi connectivity index (χ1v) is 9.41. The average Bonchev–Trinajstić information content (AvgIpc) is 2.63. The van der Waals surface area contributed by atoms with Crippen molar-refractivity contribution in [2.75, 3.05) is 6.54 Å². The highest BCUT2D eigenvalue weighted by Gasteiger charge is 2.17. The summed E-state index contributed by atoms with van der Waals surface area (Å²) in [6.07, 6.45) is 2.73. The molecule has 2 heterocycles. The lowest BCUT2D eigenvalue weighted by Crippen LogP contribution is -2.29. The maximum atomic E-state index is 12.3. The van der Waals surface area contributed by atoms with Gasteiger partial charge in [-0.2, -0.15) is 0 Å². The van der Waals surface area contributed by atoms with E-state index in [1.165, 1.54) is 0 Å². The first kappa shape index (κ1) is 18.9. The van der Waals surface area contributed by atoms with E-state index >= 15 is 0 Å². The molecule has 0 amide bonds. The van der Waals surface area contributed by atoms with Crippen LogP contribution in [0.25, 0.3) is 5.65 Å². The highest BCUT2D eigenvalue weighted by atomic mass is 35.5. The van der Waals surface area contributed by atoms with E-state index in [0.29, 0.717) is 22.2 Å². The lowest BCUT2D eigenvalue weighted by atomic mass is 10.1. The van der Waals surface area contributed by atoms with Gasteiger partial charge < -0.3 is 0 Å². The summed E-state index contributed by atoms with van der Waals surface area (Å²) in [6, 6.07) is 13.0. The van der Waals surface area contributed by atoms with Gasteiger partial charge in [0.05, 0.1) is 15.7 Å². The van der Waals surface area contributed by atoms with Gasteiger partial charge in [0.2, 0.25) is 0 Å². The van der Waals surface area contributed by atoms with Crippen LogP contribution < -0.4 is 5.56 Å². The van der Waals surface area contributed by atoms with Crippen molar-refractivity contribution in [2.24, 2.45) is 0 Å². The Morgan fingerprint density at radius 3 is 2.69 bits per heavy atom. The summed E-state index contributed by atoms with van der Waals surface area (Å²) >= 11 is 12.2. The van der Waals surface area contributed by atoms with Crippen LogP contribution in [0.4, 0.5) is 0 Å². The summed E-state index contributed by atoms with van der Waals surface area (Å²) in [6.45, 7) is 5.74. The van der Waals surface area contributed by atoms with Gasteiger partial charge >= 0.3 is 0 Å². The van der Waals surface area contributed by atoms with Gasteiger partial charge in [-0.1, -0.05) is 42.3 Å². The molecule has 1 atom stereocenters. The molecule has 0 fully saturated rings. The van der Waals surface area contributed by atoms with E-state index in [9.17, 15) is 4.79 Å². The zero-order valence-corrected chi connectivity index (χ0v) is 16.3. The van der Waals surface area contributed by atoms with E-state index in [2.05, 4.69) is 23.7 Å². The number of rotatable bonds is 6. The molecule has 26 heavy (non-hydrogen) atoms. The first-order valence-electron chi connectivity index (χ1n) is 8.66. The van der Waals surface area contributed by atoms with E-state index in [0.717, 1.165) is 24.2 Å². The molecule has 1 aromatic carbocycles. The number of pyridine rings is 1. The third kappa shape index (κ3) is 4.09. The lowest BCUT2D eigenvalue weighted by molar-refractivity contribution is 0.199. The van der Waals surface area contributed by atoms with E-state index in [-0.39, 0.29) is 11.6 Å².